The molecule has 1 heterocycles. The molecule has 2 aromatic rings. The lowest BCUT2D eigenvalue weighted by Crippen LogP contribution is -2.32. The van der Waals surface area contributed by atoms with E-state index in [1.807, 2.05) is 30.3 Å². The summed E-state index contributed by atoms with van der Waals surface area (Å²) in [6.07, 6.45) is 0.0370. The minimum Gasteiger partial charge on any atom is -0.459 e. The van der Waals surface area contributed by atoms with Crippen LogP contribution >= 0.6 is 46.4 Å². The van der Waals surface area contributed by atoms with Gasteiger partial charge in [0.05, 0.1) is 49.8 Å². The van der Waals surface area contributed by atoms with Crippen molar-refractivity contribution in [3.8, 4) is 0 Å². The lowest BCUT2D eigenvalue weighted by Gasteiger charge is -2.23. The van der Waals surface area contributed by atoms with Gasteiger partial charge < -0.3 is 9.47 Å². The number of carbonyl (C=O) groups is 2. The number of esters is 2. The van der Waals surface area contributed by atoms with Crippen LogP contribution in [0.5, 0.6) is 0 Å². The van der Waals surface area contributed by atoms with Gasteiger partial charge in [0.15, 0.2) is 0 Å². The summed E-state index contributed by atoms with van der Waals surface area (Å²) in [5, 5.41) is -0.441. The Balaban J connectivity index is 2.01. The predicted molar refractivity (Wildman–Crippen MR) is 118 cm³/mol. The summed E-state index contributed by atoms with van der Waals surface area (Å²) < 4.78 is 10.7. The fourth-order valence-corrected chi connectivity index (χ4v) is 3.96. The molecule has 0 spiro atoms. The molecule has 0 bridgehead atoms. The zero-order chi connectivity index (χ0) is 22.0. The maximum Gasteiger partial charge on any atom is 0.340 e. The molecule has 5 nitrogen and oxygen atoms in total. The van der Waals surface area contributed by atoms with Gasteiger partial charge in [0, 0.05) is 0 Å². The average molecular weight is 489 g/mol. The number of carbonyl (C=O) groups excluding carboxylic acids is 2. The van der Waals surface area contributed by atoms with E-state index >= 15 is 0 Å². The lowest BCUT2D eigenvalue weighted by molar-refractivity contribution is -0.140. The second-order valence-electron chi connectivity index (χ2n) is 6.91. The normalized spacial score (nSPS) is 16.3. The second-order valence-corrected chi connectivity index (χ2v) is 8.43. The van der Waals surface area contributed by atoms with Crippen molar-refractivity contribution in [2.24, 2.45) is 10.9 Å². The summed E-state index contributed by atoms with van der Waals surface area (Å²) in [5.74, 6) is -1.90. The molecule has 0 aromatic heterocycles. The molecule has 0 N–H and O–H groups in total. The molecular formula is C21H17Cl4NO4. The fraction of sp³-hybridized carbons (Fsp3) is 0.286. The Morgan fingerprint density at radius 2 is 1.73 bits per heavy atom. The molecule has 0 saturated carbocycles. The van der Waals surface area contributed by atoms with Gasteiger partial charge in [-0.2, -0.15) is 0 Å². The van der Waals surface area contributed by atoms with Gasteiger partial charge in [-0.05, 0) is 25.8 Å². The molecule has 158 valence electrons. The Labute approximate surface area is 193 Å². The Hall–Kier alpha value is -1.79. The van der Waals surface area contributed by atoms with E-state index in [1.54, 1.807) is 13.8 Å². The molecule has 0 radical (unpaired) electrons. The highest BCUT2D eigenvalue weighted by molar-refractivity contribution is 6.54. The monoisotopic (exact) mass is 487 g/mol. The van der Waals surface area contributed by atoms with Crippen LogP contribution in [0.3, 0.4) is 0 Å². The first kappa shape index (κ1) is 22.9. The van der Waals surface area contributed by atoms with E-state index < -0.39 is 24.0 Å². The van der Waals surface area contributed by atoms with E-state index in [0.29, 0.717) is 6.42 Å². The van der Waals surface area contributed by atoms with Crippen LogP contribution in [-0.2, 0) is 20.7 Å². The zero-order valence-electron chi connectivity index (χ0n) is 16.0. The molecule has 1 unspecified atom stereocenters. The maximum absolute atomic E-state index is 12.7. The number of benzene rings is 2. The van der Waals surface area contributed by atoms with E-state index in [-0.39, 0.29) is 43.7 Å². The van der Waals surface area contributed by atoms with Crippen molar-refractivity contribution in [1.29, 1.82) is 0 Å². The lowest BCUT2D eigenvalue weighted by atomic mass is 9.98. The van der Waals surface area contributed by atoms with Crippen molar-refractivity contribution in [2.45, 2.75) is 26.4 Å². The van der Waals surface area contributed by atoms with Gasteiger partial charge in [-0.15, -0.1) is 0 Å². The number of aliphatic imine (C=N–C) groups is 1. The third-order valence-corrected chi connectivity index (χ3v) is 6.14. The van der Waals surface area contributed by atoms with Gasteiger partial charge in [0.2, 0.25) is 5.90 Å². The SMILES string of the molecule is CC(C)OC(=O)c1c(Cl)c(Cl)c(Cl)c(Cl)c1C1=NCC(Cc2ccccc2)C(=O)O1. The molecule has 0 amide bonds. The Morgan fingerprint density at radius 3 is 2.33 bits per heavy atom. The van der Waals surface area contributed by atoms with Crippen LogP contribution in [0.2, 0.25) is 20.1 Å². The summed E-state index contributed by atoms with van der Waals surface area (Å²) in [7, 11) is 0. The van der Waals surface area contributed by atoms with Crippen LogP contribution in [0.1, 0.15) is 35.3 Å². The topological polar surface area (TPSA) is 65.0 Å². The molecule has 0 saturated heterocycles. The standard InChI is InChI=1S/C21H17Cl4NO4/c1-10(2)29-21(28)14-13(15(22)17(24)18(25)16(14)23)19-26-9-12(20(27)30-19)8-11-6-4-3-5-7-11/h3-7,10,12H,8-9H2,1-2H3. The van der Waals surface area contributed by atoms with Gasteiger partial charge in [-0.1, -0.05) is 76.7 Å². The van der Waals surface area contributed by atoms with E-state index in [4.69, 9.17) is 55.9 Å². The van der Waals surface area contributed by atoms with E-state index in [9.17, 15) is 9.59 Å². The highest BCUT2D eigenvalue weighted by atomic mass is 35.5. The summed E-state index contributed by atoms with van der Waals surface area (Å²) in [4.78, 5) is 29.7. The van der Waals surface area contributed by atoms with Gasteiger partial charge in [-0.3, -0.25) is 4.79 Å². The average Bonchev–Trinajstić information content (AvgIpc) is 2.70. The molecule has 1 aliphatic rings. The molecule has 1 aliphatic heterocycles. The molecule has 0 aliphatic carbocycles. The van der Waals surface area contributed by atoms with Crippen molar-refractivity contribution in [3.05, 3.63) is 67.1 Å². The van der Waals surface area contributed by atoms with Gasteiger partial charge in [0.25, 0.3) is 0 Å². The molecule has 3 rings (SSSR count). The van der Waals surface area contributed by atoms with Crippen LogP contribution in [-0.4, -0.2) is 30.5 Å². The largest absolute Gasteiger partial charge is 0.459 e. The molecule has 2 aromatic carbocycles. The number of halogens is 4. The maximum atomic E-state index is 12.7. The molecule has 30 heavy (non-hydrogen) atoms. The number of cyclic esters (lactones) is 1. The van der Waals surface area contributed by atoms with Crippen LogP contribution < -0.4 is 0 Å². The van der Waals surface area contributed by atoms with E-state index in [2.05, 4.69) is 4.99 Å². The summed E-state index contributed by atoms with van der Waals surface area (Å²) >= 11 is 24.9. The van der Waals surface area contributed by atoms with Crippen molar-refractivity contribution < 1.29 is 19.1 Å². The highest BCUT2D eigenvalue weighted by Crippen LogP contribution is 2.42. The number of hydrogen-bond acceptors (Lipinski definition) is 5. The van der Waals surface area contributed by atoms with E-state index in [0.717, 1.165) is 5.56 Å². The van der Waals surface area contributed by atoms with E-state index in [1.165, 1.54) is 0 Å². The number of hydrogen-bond donors (Lipinski definition) is 0. The second kappa shape index (κ2) is 9.56. The van der Waals surface area contributed by atoms with Crippen molar-refractivity contribution in [1.82, 2.24) is 0 Å². The van der Waals surface area contributed by atoms with Crippen LogP contribution in [0.15, 0.2) is 35.3 Å². The minimum atomic E-state index is -0.782. The molecule has 0 fully saturated rings. The number of rotatable bonds is 5. The van der Waals surface area contributed by atoms with Gasteiger partial charge >= 0.3 is 11.9 Å². The third-order valence-electron chi connectivity index (χ3n) is 4.34. The Bertz CT molecular complexity index is 1020. The molecule has 9 heteroatoms. The zero-order valence-corrected chi connectivity index (χ0v) is 19.1. The Morgan fingerprint density at radius 1 is 1.10 bits per heavy atom. The minimum absolute atomic E-state index is 0.0202. The van der Waals surface area contributed by atoms with Gasteiger partial charge in [-0.25, -0.2) is 9.79 Å². The Kier molecular flexibility index (Phi) is 7.30. The van der Waals surface area contributed by atoms with Crippen LogP contribution in [0.25, 0.3) is 0 Å². The highest BCUT2D eigenvalue weighted by Gasteiger charge is 2.34. The van der Waals surface area contributed by atoms with Gasteiger partial charge in [0.1, 0.15) is 0 Å². The fourth-order valence-electron chi connectivity index (χ4n) is 2.95. The summed E-state index contributed by atoms with van der Waals surface area (Å²) in [6, 6.07) is 9.52. The van der Waals surface area contributed by atoms with Crippen molar-refractivity contribution in [2.75, 3.05) is 6.54 Å². The summed E-state index contributed by atoms with van der Waals surface area (Å²) in [6.45, 7) is 3.50. The first-order chi connectivity index (χ1) is 14.2. The van der Waals surface area contributed by atoms with Crippen molar-refractivity contribution >= 4 is 64.2 Å². The predicted octanol–water partition coefficient (Wildman–Crippen LogP) is 6.03. The first-order valence-electron chi connectivity index (χ1n) is 9.08. The number of nitrogens with zero attached hydrogens (tertiary/aromatic N) is 1. The van der Waals surface area contributed by atoms with Crippen LogP contribution in [0.4, 0.5) is 0 Å². The first-order valence-corrected chi connectivity index (χ1v) is 10.6. The molecular weight excluding hydrogens is 472 g/mol. The van der Waals surface area contributed by atoms with Crippen LogP contribution in [0, 0.1) is 5.92 Å². The smallest absolute Gasteiger partial charge is 0.340 e. The number of ether oxygens (including phenoxy) is 2. The summed E-state index contributed by atoms with van der Waals surface area (Å²) in [5.41, 5.74) is 0.806. The molecule has 1 atom stereocenters. The van der Waals surface area contributed by atoms with Crippen molar-refractivity contribution in [3.63, 3.8) is 0 Å². The quantitative estimate of drug-likeness (QED) is 0.293. The third kappa shape index (κ3) is 4.75.